The number of fused-ring (bicyclic) bond motifs is 3. The number of halogens is 1. The molecular weight excluding hydrogens is 412 g/mol. The van der Waals surface area contributed by atoms with Gasteiger partial charge in [0.25, 0.3) is 0 Å². The van der Waals surface area contributed by atoms with Gasteiger partial charge in [-0.05, 0) is 30.9 Å². The highest BCUT2D eigenvalue weighted by atomic mass is 79.9. The molecule has 1 aromatic heterocycles. The van der Waals surface area contributed by atoms with E-state index in [1.165, 1.54) is 5.56 Å². The van der Waals surface area contributed by atoms with Crippen LogP contribution in [0.4, 0.5) is 5.69 Å². The lowest BCUT2D eigenvalue weighted by molar-refractivity contribution is 0.225. The number of aromatic nitrogens is 3. The van der Waals surface area contributed by atoms with Crippen molar-refractivity contribution in [1.82, 2.24) is 15.2 Å². The van der Waals surface area contributed by atoms with E-state index in [2.05, 4.69) is 74.5 Å². The molecule has 7 heteroatoms. The van der Waals surface area contributed by atoms with Crippen molar-refractivity contribution in [3.05, 3.63) is 58.1 Å². The predicted molar refractivity (Wildman–Crippen MR) is 108 cm³/mol. The lowest BCUT2D eigenvalue weighted by Crippen LogP contribution is -2.17. The second-order valence-corrected chi connectivity index (χ2v) is 8.07. The molecule has 0 saturated carbocycles. The van der Waals surface area contributed by atoms with Crippen molar-refractivity contribution < 1.29 is 4.74 Å². The van der Waals surface area contributed by atoms with Gasteiger partial charge in [0.2, 0.25) is 11.0 Å². The van der Waals surface area contributed by atoms with Crippen LogP contribution in [0.3, 0.4) is 0 Å². The molecule has 0 aliphatic carbocycles. The maximum absolute atomic E-state index is 6.24. The number of benzene rings is 2. The molecule has 1 atom stereocenters. The number of nitrogens with one attached hydrogen (secondary N) is 1. The van der Waals surface area contributed by atoms with Crippen LogP contribution < -0.4 is 10.1 Å². The van der Waals surface area contributed by atoms with Crippen LogP contribution in [0.15, 0.2) is 52.1 Å². The van der Waals surface area contributed by atoms with Gasteiger partial charge in [-0.1, -0.05) is 64.4 Å². The Labute approximate surface area is 164 Å². The maximum Gasteiger partial charge on any atom is 0.247 e. The van der Waals surface area contributed by atoms with E-state index in [-0.39, 0.29) is 6.23 Å². The molecule has 1 aliphatic rings. The van der Waals surface area contributed by atoms with Crippen LogP contribution in [0.2, 0.25) is 0 Å². The first-order valence-electron chi connectivity index (χ1n) is 8.31. The number of anilines is 1. The fourth-order valence-electron chi connectivity index (χ4n) is 2.75. The minimum atomic E-state index is -0.354. The van der Waals surface area contributed by atoms with Crippen LogP contribution >= 0.6 is 27.7 Å². The minimum Gasteiger partial charge on any atom is -0.448 e. The van der Waals surface area contributed by atoms with E-state index < -0.39 is 0 Å². The summed E-state index contributed by atoms with van der Waals surface area (Å²) in [5, 5.41) is 12.7. The van der Waals surface area contributed by atoms with E-state index in [1.807, 2.05) is 18.2 Å². The summed E-state index contributed by atoms with van der Waals surface area (Å²) in [4.78, 5) is 4.60. The molecule has 0 saturated heterocycles. The molecule has 5 nitrogen and oxygen atoms in total. The van der Waals surface area contributed by atoms with Crippen LogP contribution in [-0.2, 0) is 0 Å². The number of hydrogen-bond donors (Lipinski definition) is 1. The monoisotopic (exact) mass is 428 g/mol. The van der Waals surface area contributed by atoms with Gasteiger partial charge in [-0.15, -0.1) is 10.2 Å². The van der Waals surface area contributed by atoms with Crippen LogP contribution in [-0.4, -0.2) is 20.9 Å². The molecule has 2 aromatic carbocycles. The van der Waals surface area contributed by atoms with Gasteiger partial charge < -0.3 is 10.1 Å². The molecule has 2 heterocycles. The largest absolute Gasteiger partial charge is 0.448 e. The molecule has 1 aliphatic heterocycles. The van der Waals surface area contributed by atoms with Gasteiger partial charge >= 0.3 is 0 Å². The van der Waals surface area contributed by atoms with Crippen LogP contribution in [0.25, 0.3) is 11.3 Å². The first-order valence-corrected chi connectivity index (χ1v) is 10.1. The number of ether oxygens (including phenoxy) is 1. The van der Waals surface area contributed by atoms with E-state index in [1.54, 1.807) is 11.8 Å². The van der Waals surface area contributed by atoms with Crippen molar-refractivity contribution in [2.24, 2.45) is 0 Å². The highest BCUT2D eigenvalue weighted by Crippen LogP contribution is 2.40. The fraction of sp³-hybridized carbons (Fsp3) is 0.211. The van der Waals surface area contributed by atoms with Crippen molar-refractivity contribution in [1.29, 1.82) is 0 Å². The summed E-state index contributed by atoms with van der Waals surface area (Å²) in [6.45, 7) is 4.13. The summed E-state index contributed by atoms with van der Waals surface area (Å²) in [6, 6.07) is 14.3. The number of thioether (sulfide) groups is 1. The highest BCUT2D eigenvalue weighted by molar-refractivity contribution is 9.10. The number of rotatable bonds is 3. The molecule has 3 aromatic rings. The van der Waals surface area contributed by atoms with E-state index >= 15 is 0 Å². The molecule has 0 amide bonds. The topological polar surface area (TPSA) is 59.9 Å². The summed E-state index contributed by atoms with van der Waals surface area (Å²) in [7, 11) is 0. The van der Waals surface area contributed by atoms with E-state index in [4.69, 9.17) is 4.74 Å². The second kappa shape index (κ2) is 7.25. The van der Waals surface area contributed by atoms with Crippen molar-refractivity contribution in [2.45, 2.75) is 25.2 Å². The summed E-state index contributed by atoms with van der Waals surface area (Å²) in [6.07, 6.45) is -0.354. The molecule has 26 heavy (non-hydrogen) atoms. The lowest BCUT2D eigenvalue weighted by atomic mass is 10.1. The Morgan fingerprint density at radius 1 is 1.15 bits per heavy atom. The molecular formula is C19H17BrN4OS. The summed E-state index contributed by atoms with van der Waals surface area (Å²) in [5.74, 6) is 1.37. The van der Waals surface area contributed by atoms with Gasteiger partial charge in [-0.3, -0.25) is 0 Å². The summed E-state index contributed by atoms with van der Waals surface area (Å²) in [5.41, 5.74) is 4.73. The molecule has 0 bridgehead atoms. The Hall–Kier alpha value is -2.12. The van der Waals surface area contributed by atoms with Gasteiger partial charge in [0, 0.05) is 21.3 Å². The molecule has 0 spiro atoms. The van der Waals surface area contributed by atoms with Crippen molar-refractivity contribution in [2.75, 3.05) is 11.1 Å². The molecule has 0 unspecified atom stereocenters. The smallest absolute Gasteiger partial charge is 0.247 e. The van der Waals surface area contributed by atoms with Gasteiger partial charge in [0.1, 0.15) is 0 Å². The Balaban J connectivity index is 1.84. The van der Waals surface area contributed by atoms with Gasteiger partial charge in [-0.2, -0.15) is 4.98 Å². The van der Waals surface area contributed by atoms with E-state index in [0.29, 0.717) is 16.7 Å². The first kappa shape index (κ1) is 17.3. The quantitative estimate of drug-likeness (QED) is 0.576. The zero-order valence-corrected chi connectivity index (χ0v) is 16.8. The van der Waals surface area contributed by atoms with Gasteiger partial charge in [0.15, 0.2) is 11.9 Å². The molecule has 4 rings (SSSR count). The Kier molecular flexibility index (Phi) is 4.82. The average Bonchev–Trinajstić information content (AvgIpc) is 2.79. The Bertz CT molecular complexity index is 949. The maximum atomic E-state index is 6.24. The lowest BCUT2D eigenvalue weighted by Gasteiger charge is -2.19. The minimum absolute atomic E-state index is 0.354. The van der Waals surface area contributed by atoms with Gasteiger partial charge in [-0.25, -0.2) is 0 Å². The van der Waals surface area contributed by atoms with E-state index in [9.17, 15) is 0 Å². The average molecular weight is 429 g/mol. The number of aryl methyl sites for hydroxylation is 1. The third kappa shape index (κ3) is 3.41. The zero-order chi connectivity index (χ0) is 18.1. The van der Waals surface area contributed by atoms with Crippen LogP contribution in [0, 0.1) is 6.92 Å². The third-order valence-corrected chi connectivity index (χ3v) is 5.25. The highest BCUT2D eigenvalue weighted by Gasteiger charge is 2.26. The zero-order valence-electron chi connectivity index (χ0n) is 14.4. The number of hydrogen-bond acceptors (Lipinski definition) is 6. The molecule has 0 fully saturated rings. The third-order valence-electron chi connectivity index (χ3n) is 4.04. The summed E-state index contributed by atoms with van der Waals surface area (Å²) < 4.78 is 7.20. The SMILES string of the molecule is CCSc1nnc2c(n1)O[C@H](c1ccc(C)cc1)Nc1ccc(Br)cc1-2. The van der Waals surface area contributed by atoms with Crippen LogP contribution in [0.5, 0.6) is 5.88 Å². The van der Waals surface area contributed by atoms with Crippen molar-refractivity contribution in [3.63, 3.8) is 0 Å². The van der Waals surface area contributed by atoms with Crippen molar-refractivity contribution in [3.8, 4) is 17.1 Å². The normalized spacial score (nSPS) is 15.3. The Morgan fingerprint density at radius 2 is 1.96 bits per heavy atom. The molecule has 1 N–H and O–H groups in total. The predicted octanol–water partition coefficient (Wildman–Crippen LogP) is 5.22. The second-order valence-electron chi connectivity index (χ2n) is 5.92. The van der Waals surface area contributed by atoms with E-state index in [0.717, 1.165) is 27.0 Å². The first-order chi connectivity index (χ1) is 12.6. The number of nitrogens with zero attached hydrogens (tertiary/aromatic N) is 3. The van der Waals surface area contributed by atoms with Crippen molar-refractivity contribution >= 4 is 33.4 Å². The fourth-order valence-corrected chi connectivity index (χ4v) is 3.62. The van der Waals surface area contributed by atoms with Gasteiger partial charge in [0.05, 0.1) is 0 Å². The van der Waals surface area contributed by atoms with Crippen LogP contribution in [0.1, 0.15) is 24.3 Å². The molecule has 132 valence electrons. The summed E-state index contributed by atoms with van der Waals surface area (Å²) >= 11 is 5.08. The standard InChI is InChI=1S/C19H17BrN4OS/c1-3-26-19-22-18-16(23-24-19)14-10-13(20)8-9-15(14)21-17(25-18)12-6-4-11(2)5-7-12/h4-10,17,21H,3H2,1-2H3/t17-/m1/s1. The Morgan fingerprint density at radius 3 is 2.73 bits per heavy atom. The molecule has 0 radical (unpaired) electrons.